The number of ether oxygens (including phenoxy) is 2. The van der Waals surface area contributed by atoms with Crippen molar-refractivity contribution in [1.82, 2.24) is 0 Å². The molecule has 0 amide bonds. The zero-order valence-corrected chi connectivity index (χ0v) is 17.1. The van der Waals surface area contributed by atoms with Gasteiger partial charge >= 0.3 is 6.16 Å². The van der Waals surface area contributed by atoms with E-state index in [1.54, 1.807) is 6.92 Å². The van der Waals surface area contributed by atoms with Crippen LogP contribution in [0.15, 0.2) is 35.7 Å². The van der Waals surface area contributed by atoms with Crippen LogP contribution >= 0.6 is 11.3 Å². The van der Waals surface area contributed by atoms with Gasteiger partial charge in [-0.2, -0.15) is 0 Å². The zero-order chi connectivity index (χ0) is 19.1. The van der Waals surface area contributed by atoms with Crippen molar-refractivity contribution in [2.75, 3.05) is 24.6 Å². The molecule has 27 heavy (non-hydrogen) atoms. The number of hydrogen-bond donors (Lipinski definition) is 0. The largest absolute Gasteiger partial charge is 0.508 e. The van der Waals surface area contributed by atoms with Crippen LogP contribution in [0.2, 0.25) is 0 Å². The van der Waals surface area contributed by atoms with Crippen LogP contribution in [-0.2, 0) is 22.3 Å². The topological polar surface area (TPSA) is 38.8 Å². The average molecular weight is 388 g/mol. The molecule has 0 saturated carbocycles. The number of aryl methyl sites for hydroxylation is 1. The van der Waals surface area contributed by atoms with E-state index in [1.807, 2.05) is 11.3 Å². The Bertz CT molecular complexity index is 729. The summed E-state index contributed by atoms with van der Waals surface area (Å²) in [4.78, 5) is 15.7. The summed E-state index contributed by atoms with van der Waals surface area (Å²) in [6.45, 7) is 6.36. The van der Waals surface area contributed by atoms with Gasteiger partial charge in [-0.1, -0.05) is 19.1 Å². The summed E-state index contributed by atoms with van der Waals surface area (Å²) < 4.78 is 10.6. The fourth-order valence-electron chi connectivity index (χ4n) is 3.67. The zero-order valence-electron chi connectivity index (χ0n) is 16.3. The van der Waals surface area contributed by atoms with E-state index in [0.717, 1.165) is 50.8 Å². The Kier molecular flexibility index (Phi) is 7.16. The van der Waals surface area contributed by atoms with Crippen molar-refractivity contribution in [2.24, 2.45) is 0 Å². The molecule has 1 aromatic carbocycles. The predicted molar refractivity (Wildman–Crippen MR) is 111 cm³/mol. The van der Waals surface area contributed by atoms with Gasteiger partial charge < -0.3 is 14.4 Å². The van der Waals surface area contributed by atoms with Gasteiger partial charge in [0.25, 0.3) is 0 Å². The van der Waals surface area contributed by atoms with Crippen LogP contribution in [0.3, 0.4) is 0 Å². The molecule has 0 spiro atoms. The van der Waals surface area contributed by atoms with Gasteiger partial charge in [0, 0.05) is 23.7 Å². The second-order valence-electron chi connectivity index (χ2n) is 6.88. The molecular formula is C22H29NO3S. The molecule has 5 heteroatoms. The summed E-state index contributed by atoms with van der Waals surface area (Å²) >= 11 is 1.81. The van der Waals surface area contributed by atoms with Crippen molar-refractivity contribution in [3.05, 3.63) is 51.7 Å². The number of benzene rings is 1. The molecule has 4 nitrogen and oxygen atoms in total. The highest BCUT2D eigenvalue weighted by atomic mass is 32.1. The van der Waals surface area contributed by atoms with Gasteiger partial charge in [-0.05, 0) is 73.7 Å². The van der Waals surface area contributed by atoms with Crippen molar-refractivity contribution in [2.45, 2.75) is 52.1 Å². The molecule has 0 saturated heterocycles. The minimum absolute atomic E-state index is 0.200. The molecule has 0 aliphatic heterocycles. The highest BCUT2D eigenvalue weighted by molar-refractivity contribution is 7.09. The number of carbonyl (C=O) groups is 1. The van der Waals surface area contributed by atoms with E-state index in [2.05, 4.69) is 47.5 Å². The third kappa shape index (κ3) is 5.25. The van der Waals surface area contributed by atoms with E-state index in [0.29, 0.717) is 6.61 Å². The van der Waals surface area contributed by atoms with Gasteiger partial charge in [0.15, 0.2) is 0 Å². The number of thiophene rings is 1. The van der Waals surface area contributed by atoms with Gasteiger partial charge in [0.05, 0.1) is 6.61 Å². The van der Waals surface area contributed by atoms with Gasteiger partial charge in [-0.15, -0.1) is 11.3 Å². The Balaban J connectivity index is 1.77. The summed E-state index contributed by atoms with van der Waals surface area (Å²) in [6, 6.07) is 11.0. The first kappa shape index (κ1) is 19.7. The molecule has 0 fully saturated rings. The third-order valence-corrected chi connectivity index (χ3v) is 5.89. The number of rotatable bonds is 8. The van der Waals surface area contributed by atoms with Crippen LogP contribution in [0.5, 0.6) is 0 Å². The van der Waals surface area contributed by atoms with Crippen LogP contribution < -0.4 is 4.90 Å². The van der Waals surface area contributed by atoms with E-state index >= 15 is 0 Å². The van der Waals surface area contributed by atoms with Crippen LogP contribution in [0.4, 0.5) is 10.5 Å². The second kappa shape index (κ2) is 9.79. The lowest BCUT2D eigenvalue weighted by Gasteiger charge is -2.29. The fourth-order valence-corrected chi connectivity index (χ4v) is 4.37. The number of fused-ring (bicyclic) bond motifs is 1. The van der Waals surface area contributed by atoms with Gasteiger partial charge in [0.2, 0.25) is 0 Å². The lowest BCUT2D eigenvalue weighted by atomic mass is 9.89. The van der Waals surface area contributed by atoms with Gasteiger partial charge in [-0.3, -0.25) is 0 Å². The first-order valence-corrected chi connectivity index (χ1v) is 10.8. The van der Waals surface area contributed by atoms with E-state index < -0.39 is 6.16 Å². The molecule has 1 aromatic heterocycles. The second-order valence-corrected chi connectivity index (χ2v) is 7.91. The number of hydrogen-bond acceptors (Lipinski definition) is 5. The third-order valence-electron chi connectivity index (χ3n) is 4.96. The van der Waals surface area contributed by atoms with E-state index in [4.69, 9.17) is 9.47 Å². The normalized spacial score (nSPS) is 15.9. The fraction of sp³-hybridized carbons (Fsp3) is 0.500. The van der Waals surface area contributed by atoms with Crippen molar-refractivity contribution < 1.29 is 14.3 Å². The number of anilines is 1. The summed E-state index contributed by atoms with van der Waals surface area (Å²) in [5.41, 5.74) is 3.64. The SMILES string of the molecule is CCCN(CCc1cccs1)c1ccc2c(c1)C(OC(=O)OCC)CCC2. The van der Waals surface area contributed by atoms with E-state index in [1.165, 1.54) is 16.1 Å². The summed E-state index contributed by atoms with van der Waals surface area (Å²) in [7, 11) is 0. The molecule has 0 bridgehead atoms. The molecule has 0 radical (unpaired) electrons. The maximum absolute atomic E-state index is 11.8. The first-order valence-electron chi connectivity index (χ1n) is 9.94. The Morgan fingerprint density at radius 2 is 2.15 bits per heavy atom. The molecule has 1 heterocycles. The highest BCUT2D eigenvalue weighted by Gasteiger charge is 2.25. The minimum atomic E-state index is -0.566. The maximum Gasteiger partial charge on any atom is 0.508 e. The van der Waals surface area contributed by atoms with Gasteiger partial charge in [0.1, 0.15) is 6.10 Å². The first-order chi connectivity index (χ1) is 13.2. The number of nitrogens with zero attached hydrogens (tertiary/aromatic N) is 1. The lowest BCUT2D eigenvalue weighted by molar-refractivity contribution is 0.0199. The molecule has 1 atom stereocenters. The molecule has 2 aromatic rings. The van der Waals surface area contributed by atoms with E-state index in [9.17, 15) is 4.79 Å². The van der Waals surface area contributed by atoms with Crippen LogP contribution in [-0.4, -0.2) is 25.9 Å². The van der Waals surface area contributed by atoms with Crippen LogP contribution in [0.25, 0.3) is 0 Å². The summed E-state index contributed by atoms with van der Waals surface area (Å²) in [5, 5.41) is 2.13. The molecule has 146 valence electrons. The summed E-state index contributed by atoms with van der Waals surface area (Å²) in [5.74, 6) is 0. The molecular weight excluding hydrogens is 358 g/mol. The Hall–Kier alpha value is -2.01. The Morgan fingerprint density at radius 1 is 1.26 bits per heavy atom. The molecule has 0 N–H and O–H groups in total. The molecule has 1 aliphatic carbocycles. The highest BCUT2D eigenvalue weighted by Crippen LogP contribution is 2.35. The summed E-state index contributed by atoms with van der Waals surface area (Å²) in [6.07, 6.45) is 4.33. The van der Waals surface area contributed by atoms with Crippen molar-refractivity contribution in [1.29, 1.82) is 0 Å². The van der Waals surface area contributed by atoms with E-state index in [-0.39, 0.29) is 6.10 Å². The van der Waals surface area contributed by atoms with Crippen LogP contribution in [0.1, 0.15) is 55.2 Å². The predicted octanol–water partition coefficient (Wildman–Crippen LogP) is 5.76. The van der Waals surface area contributed by atoms with Crippen LogP contribution in [0, 0.1) is 0 Å². The molecule has 1 unspecified atom stereocenters. The lowest BCUT2D eigenvalue weighted by Crippen LogP contribution is -2.27. The standard InChI is InChI=1S/C22H29NO3S/c1-3-13-23(14-12-19-8-6-15-27-19)18-11-10-17-7-5-9-21(20(17)16-18)26-22(24)25-4-2/h6,8,10-11,15-16,21H,3-5,7,9,12-14H2,1-2H3. The Labute approximate surface area is 166 Å². The van der Waals surface area contributed by atoms with Crippen molar-refractivity contribution in [3.8, 4) is 0 Å². The average Bonchev–Trinajstić information content (AvgIpc) is 3.19. The van der Waals surface area contributed by atoms with Crippen molar-refractivity contribution >= 4 is 23.2 Å². The smallest absolute Gasteiger partial charge is 0.435 e. The van der Waals surface area contributed by atoms with Gasteiger partial charge in [-0.25, -0.2) is 4.79 Å². The maximum atomic E-state index is 11.8. The quantitative estimate of drug-likeness (QED) is 0.540. The van der Waals surface area contributed by atoms with Crippen molar-refractivity contribution in [3.63, 3.8) is 0 Å². The number of carbonyl (C=O) groups excluding carboxylic acids is 1. The Morgan fingerprint density at radius 3 is 2.89 bits per heavy atom. The monoisotopic (exact) mass is 387 g/mol. The molecule has 1 aliphatic rings. The minimum Gasteiger partial charge on any atom is -0.435 e. The molecule has 3 rings (SSSR count).